The summed E-state index contributed by atoms with van der Waals surface area (Å²) in [6.45, 7) is 4.66. The van der Waals surface area contributed by atoms with E-state index in [0.717, 1.165) is 21.3 Å². The van der Waals surface area contributed by atoms with Crippen LogP contribution in [0.3, 0.4) is 0 Å². The topological polar surface area (TPSA) is 73.1 Å². The molecule has 2 aromatic heterocycles. The molecule has 0 spiro atoms. The molecule has 0 bridgehead atoms. The Hall–Kier alpha value is -1.18. The smallest absolute Gasteiger partial charge is 0.148 e. The second-order valence-corrected chi connectivity index (χ2v) is 5.86. The summed E-state index contributed by atoms with van der Waals surface area (Å²) in [6.07, 6.45) is 0. The first-order valence-electron chi connectivity index (χ1n) is 5.55. The molecule has 0 fully saturated rings. The van der Waals surface area contributed by atoms with Crippen LogP contribution in [0.5, 0.6) is 0 Å². The van der Waals surface area contributed by atoms with E-state index >= 15 is 0 Å². The van der Waals surface area contributed by atoms with Gasteiger partial charge < -0.3 is 15.8 Å². The Morgan fingerprint density at radius 2 is 2.33 bits per heavy atom. The number of nitrogen functional groups attached to an aromatic ring is 1. The summed E-state index contributed by atoms with van der Waals surface area (Å²) in [5, 5.41) is 7.32. The van der Waals surface area contributed by atoms with Crippen LogP contribution in [0.1, 0.15) is 11.9 Å². The van der Waals surface area contributed by atoms with Crippen molar-refractivity contribution < 1.29 is 4.74 Å². The molecule has 7 heteroatoms. The van der Waals surface area contributed by atoms with E-state index in [1.165, 1.54) is 11.5 Å². The molecule has 5 nitrogen and oxygen atoms in total. The van der Waals surface area contributed by atoms with Crippen molar-refractivity contribution in [3.05, 3.63) is 10.4 Å². The lowest BCUT2D eigenvalue weighted by Crippen LogP contribution is -2.20. The third-order valence-corrected chi connectivity index (χ3v) is 3.95. The van der Waals surface area contributed by atoms with E-state index in [-0.39, 0.29) is 6.04 Å². The normalized spacial score (nSPS) is 12.6. The number of hydrogen-bond donors (Lipinski definition) is 2. The molecular formula is C11H16N4OS2. The lowest BCUT2D eigenvalue weighted by Gasteiger charge is -2.13. The molecule has 2 rings (SSSR count). The summed E-state index contributed by atoms with van der Waals surface area (Å²) in [5.74, 6) is 0.525. The molecule has 0 aliphatic carbocycles. The van der Waals surface area contributed by atoms with Crippen LogP contribution in [0.25, 0.3) is 11.3 Å². The zero-order chi connectivity index (χ0) is 13.1. The van der Waals surface area contributed by atoms with Crippen LogP contribution < -0.4 is 11.1 Å². The highest BCUT2D eigenvalue weighted by Crippen LogP contribution is 2.37. The van der Waals surface area contributed by atoms with Crippen molar-refractivity contribution in [3.8, 4) is 11.3 Å². The van der Waals surface area contributed by atoms with E-state index < -0.39 is 0 Å². The number of ether oxygens (including phenoxy) is 1. The van der Waals surface area contributed by atoms with Gasteiger partial charge in [-0.1, -0.05) is 0 Å². The minimum atomic E-state index is 0.202. The summed E-state index contributed by atoms with van der Waals surface area (Å²) in [6, 6.07) is 0.202. The van der Waals surface area contributed by atoms with Gasteiger partial charge in [0.15, 0.2) is 0 Å². The first-order valence-corrected chi connectivity index (χ1v) is 7.20. The van der Waals surface area contributed by atoms with Crippen molar-refractivity contribution in [2.24, 2.45) is 0 Å². The standard InChI is InChI=1S/C11H16N4OS2/c1-6(4-16-3)13-11-9(10(12)15-18-11)8-5-17-7(2)14-8/h5-6,13H,4H2,1-3H3,(H2,12,15). The SMILES string of the molecule is COCC(C)Nc1snc(N)c1-c1csc(C)n1. The fourth-order valence-electron chi connectivity index (χ4n) is 1.64. The molecule has 0 aliphatic heterocycles. The molecule has 2 heterocycles. The average molecular weight is 284 g/mol. The van der Waals surface area contributed by atoms with Crippen LogP contribution in [0, 0.1) is 6.92 Å². The molecule has 0 saturated heterocycles. The molecule has 1 unspecified atom stereocenters. The second-order valence-electron chi connectivity index (χ2n) is 4.02. The Morgan fingerprint density at radius 1 is 1.56 bits per heavy atom. The molecule has 0 amide bonds. The third-order valence-electron chi connectivity index (χ3n) is 2.39. The zero-order valence-corrected chi connectivity index (χ0v) is 12.2. The maximum Gasteiger partial charge on any atom is 0.148 e. The molecule has 2 aromatic rings. The molecule has 3 N–H and O–H groups in total. The van der Waals surface area contributed by atoms with Crippen LogP contribution in [0.2, 0.25) is 0 Å². The Morgan fingerprint density at radius 3 is 2.94 bits per heavy atom. The molecule has 18 heavy (non-hydrogen) atoms. The maximum atomic E-state index is 5.93. The molecule has 0 saturated carbocycles. The lowest BCUT2D eigenvalue weighted by molar-refractivity contribution is 0.190. The molecule has 0 aromatic carbocycles. The van der Waals surface area contributed by atoms with Gasteiger partial charge in [-0.05, 0) is 25.4 Å². The highest BCUT2D eigenvalue weighted by molar-refractivity contribution is 7.11. The number of rotatable bonds is 5. The van der Waals surface area contributed by atoms with Gasteiger partial charge in [0.2, 0.25) is 0 Å². The minimum absolute atomic E-state index is 0.202. The summed E-state index contributed by atoms with van der Waals surface area (Å²) >= 11 is 2.96. The molecule has 0 aliphatic rings. The minimum Gasteiger partial charge on any atom is -0.383 e. The van der Waals surface area contributed by atoms with Crippen molar-refractivity contribution in [1.29, 1.82) is 0 Å². The Kier molecular flexibility index (Phi) is 4.15. The lowest BCUT2D eigenvalue weighted by atomic mass is 10.2. The molecule has 0 radical (unpaired) electrons. The molecule has 98 valence electrons. The van der Waals surface area contributed by atoms with E-state index in [4.69, 9.17) is 10.5 Å². The number of thiazole rings is 1. The number of aromatic nitrogens is 2. The first-order chi connectivity index (χ1) is 8.61. The summed E-state index contributed by atoms with van der Waals surface area (Å²) in [5.41, 5.74) is 7.71. The average Bonchev–Trinajstić information content (AvgIpc) is 2.86. The van der Waals surface area contributed by atoms with Gasteiger partial charge in [0.05, 0.1) is 22.9 Å². The number of hydrogen-bond acceptors (Lipinski definition) is 7. The van der Waals surface area contributed by atoms with E-state index in [1.54, 1.807) is 18.4 Å². The van der Waals surface area contributed by atoms with Gasteiger partial charge in [-0.15, -0.1) is 11.3 Å². The first kappa shape index (κ1) is 13.3. The maximum absolute atomic E-state index is 5.93. The van der Waals surface area contributed by atoms with Gasteiger partial charge in [0.25, 0.3) is 0 Å². The van der Waals surface area contributed by atoms with Crippen molar-refractivity contribution in [1.82, 2.24) is 9.36 Å². The number of nitrogens with one attached hydrogen (secondary N) is 1. The predicted octanol–water partition coefficient (Wildman–Crippen LogP) is 2.60. The van der Waals surface area contributed by atoms with E-state index in [2.05, 4.69) is 21.6 Å². The highest BCUT2D eigenvalue weighted by Gasteiger charge is 2.17. The van der Waals surface area contributed by atoms with Crippen molar-refractivity contribution in [2.75, 3.05) is 24.8 Å². The zero-order valence-electron chi connectivity index (χ0n) is 10.6. The van der Waals surface area contributed by atoms with Crippen LogP contribution >= 0.6 is 22.9 Å². The number of aryl methyl sites for hydroxylation is 1. The summed E-state index contributed by atoms with van der Waals surface area (Å²) in [4.78, 5) is 4.46. The second kappa shape index (κ2) is 5.64. The van der Waals surface area contributed by atoms with Crippen LogP contribution in [-0.2, 0) is 4.74 Å². The fourth-order valence-corrected chi connectivity index (χ4v) is 3.08. The largest absolute Gasteiger partial charge is 0.383 e. The number of anilines is 2. The van der Waals surface area contributed by atoms with Gasteiger partial charge in [0.1, 0.15) is 10.8 Å². The predicted molar refractivity (Wildman–Crippen MR) is 77.3 cm³/mol. The number of nitrogens with zero attached hydrogens (tertiary/aromatic N) is 2. The van der Waals surface area contributed by atoms with Crippen molar-refractivity contribution in [3.63, 3.8) is 0 Å². The van der Waals surface area contributed by atoms with E-state index in [9.17, 15) is 0 Å². The molecular weight excluding hydrogens is 268 g/mol. The third kappa shape index (κ3) is 2.80. The fraction of sp³-hybridized carbons (Fsp3) is 0.455. The van der Waals surface area contributed by atoms with Gasteiger partial charge in [-0.25, -0.2) is 4.98 Å². The van der Waals surface area contributed by atoms with E-state index in [1.807, 2.05) is 12.3 Å². The molecule has 1 atom stereocenters. The monoisotopic (exact) mass is 284 g/mol. The van der Waals surface area contributed by atoms with Gasteiger partial charge in [-0.3, -0.25) is 0 Å². The summed E-state index contributed by atoms with van der Waals surface area (Å²) < 4.78 is 9.31. The number of nitrogens with two attached hydrogens (primary N) is 1. The van der Waals surface area contributed by atoms with Gasteiger partial charge in [0, 0.05) is 18.5 Å². The van der Waals surface area contributed by atoms with Crippen LogP contribution in [-0.4, -0.2) is 29.1 Å². The Balaban J connectivity index is 2.27. The van der Waals surface area contributed by atoms with Gasteiger partial charge in [-0.2, -0.15) is 4.37 Å². The highest BCUT2D eigenvalue weighted by atomic mass is 32.1. The summed E-state index contributed by atoms with van der Waals surface area (Å²) in [7, 11) is 1.68. The van der Waals surface area contributed by atoms with Gasteiger partial charge >= 0.3 is 0 Å². The van der Waals surface area contributed by atoms with Crippen LogP contribution in [0.4, 0.5) is 10.8 Å². The van der Waals surface area contributed by atoms with Crippen LogP contribution in [0.15, 0.2) is 5.38 Å². The van der Waals surface area contributed by atoms with Crippen molar-refractivity contribution >= 4 is 33.7 Å². The Bertz CT molecular complexity index is 523. The quantitative estimate of drug-likeness (QED) is 0.883. The Labute approximate surface area is 114 Å². The number of methoxy groups -OCH3 is 1. The van der Waals surface area contributed by atoms with E-state index in [0.29, 0.717) is 12.4 Å². The van der Waals surface area contributed by atoms with Crippen molar-refractivity contribution in [2.45, 2.75) is 19.9 Å².